The van der Waals surface area contributed by atoms with Crippen molar-refractivity contribution in [2.75, 3.05) is 13.1 Å². The fourth-order valence-electron chi connectivity index (χ4n) is 1.76. The normalized spacial score (nSPS) is 13.3. The zero-order chi connectivity index (χ0) is 16.6. The number of alkyl carbamates (subject to hydrolysis) is 1. The maximum Gasteiger partial charge on any atom is 0.407 e. The second-order valence-corrected chi connectivity index (χ2v) is 6.11. The minimum absolute atomic E-state index is 0.240. The number of nitrogens with zero attached hydrogens (tertiary/aromatic N) is 2. The monoisotopic (exact) mass is 308 g/mol. The van der Waals surface area contributed by atoms with Crippen molar-refractivity contribution in [1.29, 1.82) is 0 Å². The van der Waals surface area contributed by atoms with Crippen LogP contribution in [0.1, 0.15) is 46.2 Å². The minimum Gasteiger partial charge on any atom is -0.444 e. The summed E-state index contributed by atoms with van der Waals surface area (Å²) in [5, 5.41) is 10.3. The van der Waals surface area contributed by atoms with Crippen molar-refractivity contribution in [1.82, 2.24) is 20.4 Å². The van der Waals surface area contributed by atoms with E-state index in [0.717, 1.165) is 13.1 Å². The first kappa shape index (κ1) is 18.2. The van der Waals surface area contributed by atoms with E-state index in [0.29, 0.717) is 6.54 Å². The van der Waals surface area contributed by atoms with Crippen LogP contribution in [0.5, 0.6) is 0 Å². The van der Waals surface area contributed by atoms with Crippen LogP contribution in [0.2, 0.25) is 0 Å². The molecule has 0 spiro atoms. The molecule has 1 rings (SSSR count). The van der Waals surface area contributed by atoms with Crippen molar-refractivity contribution < 1.29 is 9.53 Å². The number of carbonyl (C=O) groups excluding carboxylic acids is 1. The first-order chi connectivity index (χ1) is 10.3. The van der Waals surface area contributed by atoms with Crippen LogP contribution in [0.15, 0.2) is 24.5 Å². The lowest BCUT2D eigenvalue weighted by molar-refractivity contribution is 0.0534. The van der Waals surface area contributed by atoms with Crippen LogP contribution >= 0.6 is 0 Å². The Morgan fingerprint density at radius 1 is 1.41 bits per heavy atom. The topological polar surface area (TPSA) is 68.2 Å². The van der Waals surface area contributed by atoms with Gasteiger partial charge in [0.2, 0.25) is 0 Å². The summed E-state index contributed by atoms with van der Waals surface area (Å²) in [7, 11) is 0. The van der Waals surface area contributed by atoms with E-state index in [1.165, 1.54) is 5.56 Å². The molecule has 1 aromatic heterocycles. The molecule has 0 fully saturated rings. The Bertz CT molecular complexity index is 489. The molecule has 1 amide bonds. The molecule has 1 atom stereocenters. The van der Waals surface area contributed by atoms with E-state index < -0.39 is 11.7 Å². The molecule has 0 saturated heterocycles. The quantitative estimate of drug-likeness (QED) is 0.760. The van der Waals surface area contributed by atoms with Gasteiger partial charge < -0.3 is 15.4 Å². The van der Waals surface area contributed by atoms with Crippen LogP contribution in [0.3, 0.4) is 0 Å². The Morgan fingerprint density at radius 3 is 2.68 bits per heavy atom. The molecule has 124 valence electrons. The second kappa shape index (κ2) is 8.58. The van der Waals surface area contributed by atoms with Gasteiger partial charge in [0, 0.05) is 37.4 Å². The number of carbonyl (C=O) groups is 1. The molecule has 0 aliphatic rings. The van der Waals surface area contributed by atoms with Crippen LogP contribution < -0.4 is 10.6 Å². The molecular weight excluding hydrogens is 280 g/mol. The van der Waals surface area contributed by atoms with Crippen LogP contribution in [-0.2, 0) is 11.3 Å². The van der Waals surface area contributed by atoms with Gasteiger partial charge in [-0.25, -0.2) is 4.79 Å². The van der Waals surface area contributed by atoms with E-state index in [1.807, 2.05) is 50.0 Å². The highest BCUT2D eigenvalue weighted by Crippen LogP contribution is 2.10. The lowest BCUT2D eigenvalue weighted by Crippen LogP contribution is -2.32. The number of aromatic nitrogens is 2. The van der Waals surface area contributed by atoms with Crippen LogP contribution in [0.25, 0.3) is 0 Å². The largest absolute Gasteiger partial charge is 0.444 e. The second-order valence-electron chi connectivity index (χ2n) is 6.11. The average Bonchev–Trinajstić information content (AvgIpc) is 2.89. The van der Waals surface area contributed by atoms with Crippen LogP contribution in [-0.4, -0.2) is 34.6 Å². The summed E-state index contributed by atoms with van der Waals surface area (Å²) in [5.41, 5.74) is 0.704. The lowest BCUT2D eigenvalue weighted by Gasteiger charge is -2.19. The fraction of sp³-hybridized carbons (Fsp3) is 0.625. The minimum atomic E-state index is -0.465. The summed E-state index contributed by atoms with van der Waals surface area (Å²) in [6.07, 6.45) is 7.42. The molecule has 0 saturated carbocycles. The van der Waals surface area contributed by atoms with Gasteiger partial charge in [0.25, 0.3) is 0 Å². The lowest BCUT2D eigenvalue weighted by atomic mass is 10.2. The zero-order valence-corrected chi connectivity index (χ0v) is 14.2. The number of ether oxygens (including phenoxy) is 1. The van der Waals surface area contributed by atoms with E-state index >= 15 is 0 Å². The maximum atomic E-state index is 11.4. The highest BCUT2D eigenvalue weighted by atomic mass is 16.6. The molecule has 1 aromatic rings. The van der Waals surface area contributed by atoms with Crippen molar-refractivity contribution in [3.8, 4) is 0 Å². The number of hydrogen-bond donors (Lipinski definition) is 2. The number of aryl methyl sites for hydroxylation is 1. The smallest absolute Gasteiger partial charge is 0.407 e. The Balaban J connectivity index is 2.19. The van der Waals surface area contributed by atoms with Crippen molar-refractivity contribution in [2.45, 2.75) is 52.8 Å². The maximum absolute atomic E-state index is 11.4. The van der Waals surface area contributed by atoms with Crippen molar-refractivity contribution in [3.05, 3.63) is 30.1 Å². The molecule has 6 heteroatoms. The van der Waals surface area contributed by atoms with Gasteiger partial charge in [-0.1, -0.05) is 12.2 Å². The standard InChI is InChI=1S/C16H28N4O2/c1-6-20-12-14(11-19-20)13(2)17-9-7-8-10-18-15(21)22-16(3,4)5/h7-8,11-13,17H,6,9-10H2,1-5H3,(H,18,21)/b8-7+. The summed E-state index contributed by atoms with van der Waals surface area (Å²) in [6, 6.07) is 0.240. The van der Waals surface area contributed by atoms with E-state index in [4.69, 9.17) is 4.74 Å². The molecule has 22 heavy (non-hydrogen) atoms. The predicted molar refractivity (Wildman–Crippen MR) is 87.7 cm³/mol. The number of hydrogen-bond acceptors (Lipinski definition) is 4. The number of nitrogens with one attached hydrogen (secondary N) is 2. The van der Waals surface area contributed by atoms with E-state index in [2.05, 4.69) is 29.6 Å². The van der Waals surface area contributed by atoms with Crippen molar-refractivity contribution >= 4 is 6.09 Å². The van der Waals surface area contributed by atoms with Gasteiger partial charge in [0.15, 0.2) is 0 Å². The number of rotatable bonds is 7. The third-order valence-electron chi connectivity index (χ3n) is 2.95. The Hall–Kier alpha value is -1.82. The predicted octanol–water partition coefficient (Wildman–Crippen LogP) is 2.63. The first-order valence-electron chi connectivity index (χ1n) is 7.69. The van der Waals surface area contributed by atoms with Gasteiger partial charge in [0.05, 0.1) is 6.20 Å². The number of amides is 1. The van der Waals surface area contributed by atoms with E-state index in [9.17, 15) is 4.79 Å². The van der Waals surface area contributed by atoms with Crippen molar-refractivity contribution in [3.63, 3.8) is 0 Å². The van der Waals surface area contributed by atoms with E-state index in [-0.39, 0.29) is 6.04 Å². The van der Waals surface area contributed by atoms with Crippen LogP contribution in [0, 0.1) is 0 Å². The highest BCUT2D eigenvalue weighted by Gasteiger charge is 2.14. The summed E-state index contributed by atoms with van der Waals surface area (Å²) in [6.45, 7) is 11.8. The third-order valence-corrected chi connectivity index (χ3v) is 2.95. The summed E-state index contributed by atoms with van der Waals surface area (Å²) < 4.78 is 7.06. The molecule has 0 aromatic carbocycles. The Kier molecular flexibility index (Phi) is 7.11. The molecule has 1 heterocycles. The summed E-state index contributed by atoms with van der Waals surface area (Å²) in [5.74, 6) is 0. The van der Waals surface area contributed by atoms with Gasteiger partial charge in [-0.2, -0.15) is 5.10 Å². The molecule has 0 aliphatic carbocycles. The van der Waals surface area contributed by atoms with Gasteiger partial charge in [-0.05, 0) is 34.6 Å². The van der Waals surface area contributed by atoms with Gasteiger partial charge in [-0.3, -0.25) is 4.68 Å². The highest BCUT2D eigenvalue weighted by molar-refractivity contribution is 5.67. The average molecular weight is 308 g/mol. The molecule has 0 aliphatic heterocycles. The fourth-order valence-corrected chi connectivity index (χ4v) is 1.76. The zero-order valence-electron chi connectivity index (χ0n) is 14.2. The Labute approximate surface area is 132 Å². The molecular formula is C16H28N4O2. The molecule has 6 nitrogen and oxygen atoms in total. The first-order valence-corrected chi connectivity index (χ1v) is 7.69. The molecule has 0 radical (unpaired) electrons. The molecule has 0 bridgehead atoms. The summed E-state index contributed by atoms with van der Waals surface area (Å²) >= 11 is 0. The van der Waals surface area contributed by atoms with Crippen LogP contribution in [0.4, 0.5) is 4.79 Å². The molecule has 2 N–H and O–H groups in total. The van der Waals surface area contributed by atoms with Gasteiger partial charge in [-0.15, -0.1) is 0 Å². The van der Waals surface area contributed by atoms with Crippen molar-refractivity contribution in [2.24, 2.45) is 0 Å². The van der Waals surface area contributed by atoms with Gasteiger partial charge >= 0.3 is 6.09 Å². The third kappa shape index (κ3) is 7.26. The SMILES string of the molecule is CCn1cc(C(C)NC/C=C/CNC(=O)OC(C)(C)C)cn1. The molecule has 1 unspecified atom stereocenters. The Morgan fingerprint density at radius 2 is 2.09 bits per heavy atom. The summed E-state index contributed by atoms with van der Waals surface area (Å²) in [4.78, 5) is 11.4. The van der Waals surface area contributed by atoms with E-state index in [1.54, 1.807) is 0 Å². The van der Waals surface area contributed by atoms with Gasteiger partial charge in [0.1, 0.15) is 5.60 Å².